The topological polar surface area (TPSA) is 32.3 Å². The van der Waals surface area contributed by atoms with Gasteiger partial charge in [0.25, 0.3) is 0 Å². The first kappa shape index (κ1) is 11.6. The Morgan fingerprint density at radius 1 is 1.36 bits per heavy atom. The summed E-state index contributed by atoms with van der Waals surface area (Å²) in [5, 5.41) is 13.1. The standard InChI is InChI=1S/C12H21NO/c1-4-10(9(2)3)13-11-7-5-6-8-12(11)14/h1,9-14H,5-8H2,2-3H3/t10?,11-,12-/m1/s1. The molecule has 1 unspecified atom stereocenters. The van der Waals surface area contributed by atoms with E-state index in [1.165, 1.54) is 6.42 Å². The second-order valence-electron chi connectivity index (χ2n) is 4.51. The van der Waals surface area contributed by atoms with Crippen LogP contribution in [-0.4, -0.2) is 23.3 Å². The number of hydrogen-bond acceptors (Lipinski definition) is 2. The molecule has 1 aliphatic rings. The Bertz CT molecular complexity index is 207. The lowest BCUT2D eigenvalue weighted by atomic mass is 9.91. The van der Waals surface area contributed by atoms with Crippen LogP contribution in [0.25, 0.3) is 0 Å². The molecule has 80 valence electrons. The first-order chi connectivity index (χ1) is 6.65. The Morgan fingerprint density at radius 3 is 2.50 bits per heavy atom. The quantitative estimate of drug-likeness (QED) is 0.669. The van der Waals surface area contributed by atoms with Crippen LogP contribution in [0, 0.1) is 18.3 Å². The average Bonchev–Trinajstić information content (AvgIpc) is 2.16. The summed E-state index contributed by atoms with van der Waals surface area (Å²) < 4.78 is 0. The van der Waals surface area contributed by atoms with Gasteiger partial charge in [-0.2, -0.15) is 0 Å². The van der Waals surface area contributed by atoms with E-state index >= 15 is 0 Å². The molecule has 0 aromatic heterocycles. The lowest BCUT2D eigenvalue weighted by Gasteiger charge is -2.31. The Balaban J connectivity index is 2.45. The smallest absolute Gasteiger partial charge is 0.0713 e. The molecule has 2 heteroatoms. The van der Waals surface area contributed by atoms with Crippen molar-refractivity contribution >= 4 is 0 Å². The van der Waals surface area contributed by atoms with Crippen LogP contribution in [0.5, 0.6) is 0 Å². The van der Waals surface area contributed by atoms with Crippen molar-refractivity contribution in [3.05, 3.63) is 0 Å². The van der Waals surface area contributed by atoms with Crippen molar-refractivity contribution in [2.75, 3.05) is 0 Å². The molecule has 0 aromatic rings. The van der Waals surface area contributed by atoms with Crippen LogP contribution in [0.3, 0.4) is 0 Å². The van der Waals surface area contributed by atoms with Gasteiger partial charge in [0.1, 0.15) is 0 Å². The second kappa shape index (κ2) is 5.38. The summed E-state index contributed by atoms with van der Waals surface area (Å²) in [7, 11) is 0. The average molecular weight is 195 g/mol. The number of rotatable bonds is 3. The number of hydrogen-bond donors (Lipinski definition) is 2. The predicted octanol–water partition coefficient (Wildman–Crippen LogP) is 1.54. The highest BCUT2D eigenvalue weighted by atomic mass is 16.3. The molecule has 0 amide bonds. The minimum atomic E-state index is -0.210. The van der Waals surface area contributed by atoms with Crippen molar-refractivity contribution in [1.29, 1.82) is 0 Å². The number of terminal acetylenes is 1. The molecule has 0 radical (unpaired) electrons. The van der Waals surface area contributed by atoms with E-state index in [0.717, 1.165) is 19.3 Å². The van der Waals surface area contributed by atoms with Crippen LogP contribution in [0.2, 0.25) is 0 Å². The van der Waals surface area contributed by atoms with Crippen LogP contribution in [0.4, 0.5) is 0 Å². The Kier molecular flexibility index (Phi) is 4.44. The van der Waals surface area contributed by atoms with Gasteiger partial charge in [0, 0.05) is 6.04 Å². The highest BCUT2D eigenvalue weighted by Gasteiger charge is 2.25. The molecule has 0 heterocycles. The largest absolute Gasteiger partial charge is 0.392 e. The van der Waals surface area contributed by atoms with Gasteiger partial charge in [-0.25, -0.2) is 0 Å². The van der Waals surface area contributed by atoms with Gasteiger partial charge in [-0.1, -0.05) is 32.6 Å². The van der Waals surface area contributed by atoms with Gasteiger partial charge in [-0.05, 0) is 18.8 Å². The molecule has 2 N–H and O–H groups in total. The minimum absolute atomic E-state index is 0.0905. The van der Waals surface area contributed by atoms with Gasteiger partial charge in [-0.15, -0.1) is 6.42 Å². The maximum atomic E-state index is 9.76. The fourth-order valence-electron chi connectivity index (χ4n) is 1.97. The maximum absolute atomic E-state index is 9.76. The first-order valence-corrected chi connectivity index (χ1v) is 5.55. The van der Waals surface area contributed by atoms with E-state index in [4.69, 9.17) is 6.42 Å². The first-order valence-electron chi connectivity index (χ1n) is 5.55. The van der Waals surface area contributed by atoms with Gasteiger partial charge >= 0.3 is 0 Å². The predicted molar refractivity (Wildman–Crippen MR) is 58.9 cm³/mol. The molecule has 0 bridgehead atoms. The van der Waals surface area contributed by atoms with Crippen molar-refractivity contribution in [2.45, 2.75) is 57.7 Å². The van der Waals surface area contributed by atoms with E-state index in [1.807, 2.05) is 0 Å². The highest BCUT2D eigenvalue weighted by molar-refractivity contribution is 5.02. The number of nitrogens with one attached hydrogen (secondary N) is 1. The van der Waals surface area contributed by atoms with Crippen molar-refractivity contribution in [2.24, 2.45) is 5.92 Å². The summed E-state index contributed by atoms with van der Waals surface area (Å²) in [5.41, 5.74) is 0. The molecule has 1 fully saturated rings. The van der Waals surface area contributed by atoms with Gasteiger partial charge in [0.15, 0.2) is 0 Å². The Labute approximate surface area is 87.1 Å². The summed E-state index contributed by atoms with van der Waals surface area (Å²) in [4.78, 5) is 0. The van der Waals surface area contributed by atoms with E-state index in [2.05, 4.69) is 25.1 Å². The lowest BCUT2D eigenvalue weighted by molar-refractivity contribution is 0.0855. The minimum Gasteiger partial charge on any atom is -0.392 e. The fourth-order valence-corrected chi connectivity index (χ4v) is 1.97. The zero-order valence-corrected chi connectivity index (χ0v) is 9.16. The van der Waals surface area contributed by atoms with Gasteiger partial charge in [0.05, 0.1) is 12.1 Å². The van der Waals surface area contributed by atoms with Crippen LogP contribution in [0.15, 0.2) is 0 Å². The molecule has 0 aliphatic heterocycles. The summed E-state index contributed by atoms with van der Waals surface area (Å²) in [6.45, 7) is 4.21. The van der Waals surface area contributed by atoms with E-state index in [-0.39, 0.29) is 18.2 Å². The van der Waals surface area contributed by atoms with Gasteiger partial charge < -0.3 is 5.11 Å². The van der Waals surface area contributed by atoms with Gasteiger partial charge in [-0.3, -0.25) is 5.32 Å². The van der Waals surface area contributed by atoms with Crippen molar-refractivity contribution < 1.29 is 5.11 Å². The molecule has 1 aliphatic carbocycles. The molecule has 14 heavy (non-hydrogen) atoms. The van der Waals surface area contributed by atoms with Crippen LogP contribution in [-0.2, 0) is 0 Å². The molecule has 1 rings (SSSR count). The molecule has 0 spiro atoms. The summed E-state index contributed by atoms with van der Waals surface area (Å²) in [6.07, 6.45) is 9.53. The molecule has 3 atom stereocenters. The molecular weight excluding hydrogens is 174 g/mol. The molecule has 1 saturated carbocycles. The van der Waals surface area contributed by atoms with Crippen molar-refractivity contribution in [3.8, 4) is 12.3 Å². The van der Waals surface area contributed by atoms with E-state index in [9.17, 15) is 5.11 Å². The van der Waals surface area contributed by atoms with Crippen molar-refractivity contribution in [1.82, 2.24) is 5.32 Å². The molecular formula is C12H21NO. The van der Waals surface area contributed by atoms with E-state index < -0.39 is 0 Å². The number of aliphatic hydroxyl groups excluding tert-OH is 1. The number of aliphatic hydroxyl groups is 1. The second-order valence-corrected chi connectivity index (χ2v) is 4.51. The van der Waals surface area contributed by atoms with E-state index in [1.54, 1.807) is 0 Å². The Hall–Kier alpha value is -0.520. The summed E-state index contributed by atoms with van der Waals surface area (Å²) >= 11 is 0. The summed E-state index contributed by atoms with van der Waals surface area (Å²) in [5.74, 6) is 3.17. The monoisotopic (exact) mass is 195 g/mol. The maximum Gasteiger partial charge on any atom is 0.0713 e. The highest BCUT2D eigenvalue weighted by Crippen LogP contribution is 2.19. The zero-order chi connectivity index (χ0) is 10.6. The molecule has 2 nitrogen and oxygen atoms in total. The normalized spacial score (nSPS) is 29.9. The van der Waals surface area contributed by atoms with E-state index in [0.29, 0.717) is 5.92 Å². The lowest BCUT2D eigenvalue weighted by Crippen LogP contribution is -2.48. The summed E-state index contributed by atoms with van der Waals surface area (Å²) in [6, 6.07) is 0.292. The van der Waals surface area contributed by atoms with Crippen molar-refractivity contribution in [3.63, 3.8) is 0 Å². The molecule has 0 aromatic carbocycles. The fraction of sp³-hybridized carbons (Fsp3) is 0.833. The third kappa shape index (κ3) is 3.01. The van der Waals surface area contributed by atoms with Crippen LogP contribution in [0.1, 0.15) is 39.5 Å². The third-order valence-electron chi connectivity index (χ3n) is 2.97. The zero-order valence-electron chi connectivity index (χ0n) is 9.16. The van der Waals surface area contributed by atoms with Crippen LogP contribution >= 0.6 is 0 Å². The molecule has 0 saturated heterocycles. The third-order valence-corrected chi connectivity index (χ3v) is 2.97. The SMILES string of the molecule is C#CC(N[C@@H]1CCCC[C@H]1O)C(C)C. The van der Waals surface area contributed by atoms with Crippen LogP contribution < -0.4 is 5.32 Å². The Morgan fingerprint density at radius 2 is 2.00 bits per heavy atom. The van der Waals surface area contributed by atoms with Gasteiger partial charge in [0.2, 0.25) is 0 Å².